The second-order valence-corrected chi connectivity index (χ2v) is 22.0. The number of nitrogens with zero attached hydrogens (tertiary/aromatic N) is 2. The molecule has 4 aromatic rings. The lowest BCUT2D eigenvalue weighted by molar-refractivity contribution is -0.162. The monoisotopic (exact) mass is 1160 g/mol. The van der Waals surface area contributed by atoms with Gasteiger partial charge in [-0.1, -0.05) is 31.2 Å². The van der Waals surface area contributed by atoms with Gasteiger partial charge in [0.05, 0.1) is 70.3 Å². The van der Waals surface area contributed by atoms with Crippen LogP contribution in [-0.4, -0.2) is 149 Å². The molecule has 0 spiro atoms. The standard InChI is InChI=1S/C62H77N5O17/c1-11-41(39-32-49(78-8)55(80-10)50(33-39)79-9)57(72)66-29-13-12-19-44(66)60(75)84-45(24-21-37-22-25-46(76-6)48(30-37)77-7)38-16-14-17-40(31-38)81-34-52(69)63-28-27-62(4,5)83-36-61(2,3)65-53(70)35-82-47-20-15-18-42-54(47)59(74)67(58(42)73)43-23-26-51(68)64-56(43)71/h14-18,20,22,25,30-33,41,43-45H,11-13,19,21,23-24,26-29,34-36H2,1-10H3,(H,63,69)(H,65,70)(H,64,68,71)/t41-,43?,44-,45+/m0/s1. The van der Waals surface area contributed by atoms with Crippen LogP contribution < -0.4 is 49.1 Å². The second-order valence-electron chi connectivity index (χ2n) is 22.0. The van der Waals surface area contributed by atoms with E-state index in [-0.39, 0.29) is 55.4 Å². The first-order valence-electron chi connectivity index (χ1n) is 28.1. The third-order valence-corrected chi connectivity index (χ3v) is 15.0. The molecule has 3 heterocycles. The van der Waals surface area contributed by atoms with E-state index >= 15 is 0 Å². The molecule has 0 aliphatic carbocycles. The maximum Gasteiger partial charge on any atom is 0.329 e. The molecule has 7 amide bonds. The highest BCUT2D eigenvalue weighted by Crippen LogP contribution is 2.42. The van der Waals surface area contributed by atoms with Crippen molar-refractivity contribution in [3.63, 3.8) is 0 Å². The summed E-state index contributed by atoms with van der Waals surface area (Å²) in [6.07, 6.45) is 2.70. The number of hydrogen-bond donors (Lipinski definition) is 3. The van der Waals surface area contributed by atoms with Gasteiger partial charge in [-0.3, -0.25) is 43.8 Å². The van der Waals surface area contributed by atoms with Crippen LogP contribution in [0, 0.1) is 0 Å². The van der Waals surface area contributed by atoms with Crippen molar-refractivity contribution in [3.8, 4) is 40.2 Å². The van der Waals surface area contributed by atoms with E-state index in [0.29, 0.717) is 84.3 Å². The van der Waals surface area contributed by atoms with E-state index in [4.69, 9.17) is 42.6 Å². The number of hydrogen-bond acceptors (Lipinski definition) is 17. The van der Waals surface area contributed by atoms with Gasteiger partial charge < -0.3 is 58.2 Å². The van der Waals surface area contributed by atoms with Crippen molar-refractivity contribution >= 4 is 47.3 Å². The summed E-state index contributed by atoms with van der Waals surface area (Å²) in [5, 5.41) is 7.91. The molecule has 22 heteroatoms. The average Bonchev–Trinajstić information content (AvgIpc) is 2.18. The number of benzene rings is 4. The predicted molar refractivity (Wildman–Crippen MR) is 306 cm³/mol. The Morgan fingerprint density at radius 3 is 2.11 bits per heavy atom. The smallest absolute Gasteiger partial charge is 0.329 e. The van der Waals surface area contributed by atoms with Gasteiger partial charge >= 0.3 is 5.97 Å². The molecule has 3 N–H and O–H groups in total. The lowest BCUT2D eigenvalue weighted by Crippen LogP contribution is -2.54. The minimum absolute atomic E-state index is 0.00397. The fraction of sp³-hybridized carbons (Fsp3) is 0.484. The Labute approximate surface area is 489 Å². The van der Waals surface area contributed by atoms with Crippen molar-refractivity contribution in [2.24, 2.45) is 0 Å². The van der Waals surface area contributed by atoms with Crippen molar-refractivity contribution in [1.82, 2.24) is 25.8 Å². The number of amides is 7. The van der Waals surface area contributed by atoms with Gasteiger partial charge in [-0.15, -0.1) is 0 Å². The van der Waals surface area contributed by atoms with Gasteiger partial charge in [0.25, 0.3) is 23.6 Å². The molecule has 0 bridgehead atoms. The first-order valence-corrected chi connectivity index (χ1v) is 28.1. The summed E-state index contributed by atoms with van der Waals surface area (Å²) >= 11 is 0. The number of ether oxygens (including phenoxy) is 9. The van der Waals surface area contributed by atoms with Crippen LogP contribution in [0.15, 0.2) is 72.8 Å². The number of rotatable bonds is 28. The topological polar surface area (TPSA) is 262 Å². The predicted octanol–water partition coefficient (Wildman–Crippen LogP) is 6.58. The molecule has 3 aliphatic heterocycles. The molecule has 2 fully saturated rings. The van der Waals surface area contributed by atoms with E-state index in [1.165, 1.54) is 39.5 Å². The molecule has 0 saturated carbocycles. The fourth-order valence-corrected chi connectivity index (χ4v) is 10.5. The number of imide groups is 2. The zero-order chi connectivity index (χ0) is 60.9. The molecule has 1 unspecified atom stereocenters. The molecule has 452 valence electrons. The minimum Gasteiger partial charge on any atom is -0.493 e. The summed E-state index contributed by atoms with van der Waals surface area (Å²) in [4.78, 5) is 109. The molecule has 84 heavy (non-hydrogen) atoms. The fourth-order valence-electron chi connectivity index (χ4n) is 10.5. The number of nitrogens with one attached hydrogen (secondary N) is 3. The SMILES string of the molecule is CC[C@H](C(=O)N1CCCC[C@H]1C(=O)O[C@H](CCc1ccc(OC)c(OC)c1)c1cccc(OCC(=O)NCCC(C)(C)OCC(C)(C)NC(=O)COc2cccc3c2C(=O)N(C2CCC(=O)NC2=O)C3=O)c1)c1cc(OC)c(OC)c(OC)c1. The number of piperidine rings is 2. The Bertz CT molecular complexity index is 3060. The van der Waals surface area contributed by atoms with Crippen LogP contribution in [0.5, 0.6) is 40.2 Å². The highest BCUT2D eigenvalue weighted by atomic mass is 16.6. The van der Waals surface area contributed by atoms with Crippen LogP contribution in [0.25, 0.3) is 0 Å². The molecule has 3 aliphatic rings. The van der Waals surface area contributed by atoms with Crippen molar-refractivity contribution < 1.29 is 81.0 Å². The maximum absolute atomic E-state index is 14.6. The van der Waals surface area contributed by atoms with Crippen molar-refractivity contribution in [1.29, 1.82) is 0 Å². The number of carbonyl (C=O) groups excluding carboxylic acids is 8. The first-order chi connectivity index (χ1) is 40.1. The molecule has 2 saturated heterocycles. The van der Waals surface area contributed by atoms with E-state index in [1.807, 2.05) is 45.0 Å². The summed E-state index contributed by atoms with van der Waals surface area (Å²) in [5.41, 5.74) is 0.496. The Morgan fingerprint density at radius 2 is 1.43 bits per heavy atom. The molecule has 0 radical (unpaired) electrons. The highest BCUT2D eigenvalue weighted by molar-refractivity contribution is 6.24. The van der Waals surface area contributed by atoms with Gasteiger partial charge in [0.1, 0.15) is 29.7 Å². The molecular formula is C62H77N5O17. The zero-order valence-electron chi connectivity index (χ0n) is 49.5. The number of likely N-dealkylation sites (tertiary alicyclic amines) is 1. The number of carbonyl (C=O) groups is 8. The van der Waals surface area contributed by atoms with Crippen LogP contribution in [0.4, 0.5) is 0 Å². The van der Waals surface area contributed by atoms with Crippen molar-refractivity contribution in [2.45, 2.75) is 128 Å². The molecule has 4 atom stereocenters. The lowest BCUT2D eigenvalue weighted by atomic mass is 9.91. The van der Waals surface area contributed by atoms with Crippen LogP contribution in [0.2, 0.25) is 0 Å². The largest absolute Gasteiger partial charge is 0.493 e. The van der Waals surface area contributed by atoms with E-state index in [2.05, 4.69) is 16.0 Å². The molecule has 4 aromatic carbocycles. The van der Waals surface area contributed by atoms with Gasteiger partial charge in [-0.05, 0) is 144 Å². The Hall–Kier alpha value is -8.40. The van der Waals surface area contributed by atoms with Crippen LogP contribution in [0.1, 0.15) is 135 Å². The Kier molecular flexibility index (Phi) is 21.3. The average molecular weight is 1160 g/mol. The molecular weight excluding hydrogens is 1090 g/mol. The van der Waals surface area contributed by atoms with Crippen molar-refractivity contribution in [3.05, 3.63) is 101 Å². The van der Waals surface area contributed by atoms with Crippen molar-refractivity contribution in [2.75, 3.05) is 68.5 Å². The zero-order valence-corrected chi connectivity index (χ0v) is 49.5. The number of aryl methyl sites for hydroxylation is 1. The van der Waals surface area contributed by atoms with E-state index in [0.717, 1.165) is 23.3 Å². The Morgan fingerprint density at radius 1 is 0.726 bits per heavy atom. The maximum atomic E-state index is 14.6. The minimum atomic E-state index is -1.15. The molecule has 22 nitrogen and oxygen atoms in total. The summed E-state index contributed by atoms with van der Waals surface area (Å²) in [7, 11) is 7.67. The molecule has 7 rings (SSSR count). The third kappa shape index (κ3) is 15.4. The summed E-state index contributed by atoms with van der Waals surface area (Å²) in [6, 6.07) is 18.6. The number of fused-ring (bicyclic) bond motifs is 1. The first kappa shape index (κ1) is 63.2. The normalized spacial score (nSPS) is 16.8. The van der Waals surface area contributed by atoms with E-state index in [9.17, 15) is 38.4 Å². The van der Waals surface area contributed by atoms with Crippen LogP contribution >= 0.6 is 0 Å². The van der Waals surface area contributed by atoms with Gasteiger partial charge in [0, 0.05) is 19.5 Å². The summed E-state index contributed by atoms with van der Waals surface area (Å²) < 4.78 is 52.2. The van der Waals surface area contributed by atoms with E-state index < -0.39 is 83.3 Å². The van der Waals surface area contributed by atoms with Gasteiger partial charge in [0.2, 0.25) is 23.5 Å². The number of methoxy groups -OCH3 is 5. The Balaban J connectivity index is 0.929. The van der Waals surface area contributed by atoms with E-state index in [1.54, 1.807) is 63.3 Å². The van der Waals surface area contributed by atoms with Gasteiger partial charge in [-0.2, -0.15) is 0 Å². The van der Waals surface area contributed by atoms with Gasteiger partial charge in [0.15, 0.2) is 36.2 Å². The summed E-state index contributed by atoms with van der Waals surface area (Å²) in [5.74, 6) is -2.25. The highest BCUT2D eigenvalue weighted by Gasteiger charge is 2.46. The lowest BCUT2D eigenvalue weighted by Gasteiger charge is -2.37. The van der Waals surface area contributed by atoms with Gasteiger partial charge in [-0.25, -0.2) is 4.79 Å². The molecule has 0 aromatic heterocycles. The number of esters is 1. The summed E-state index contributed by atoms with van der Waals surface area (Å²) in [6.45, 7) is 9.00. The quantitative estimate of drug-likeness (QED) is 0.0401. The second kappa shape index (κ2) is 28.3. The third-order valence-electron chi connectivity index (χ3n) is 15.0. The van der Waals surface area contributed by atoms with Crippen LogP contribution in [0.3, 0.4) is 0 Å². The van der Waals surface area contributed by atoms with Crippen LogP contribution in [-0.2, 0) is 44.7 Å².